The van der Waals surface area contributed by atoms with E-state index in [0.29, 0.717) is 6.04 Å². The largest absolute Gasteiger partial charge is 0.314 e. The lowest BCUT2D eigenvalue weighted by molar-refractivity contribution is 0.215. The van der Waals surface area contributed by atoms with Crippen molar-refractivity contribution in [3.63, 3.8) is 0 Å². The van der Waals surface area contributed by atoms with Gasteiger partial charge in [-0.3, -0.25) is 0 Å². The fourth-order valence-corrected chi connectivity index (χ4v) is 3.31. The van der Waals surface area contributed by atoms with Gasteiger partial charge in [0.05, 0.1) is 0 Å². The predicted octanol–water partition coefficient (Wildman–Crippen LogP) is 3.82. The molecular formula is C19H32N2. The van der Waals surface area contributed by atoms with E-state index in [1.807, 2.05) is 0 Å². The van der Waals surface area contributed by atoms with Crippen LogP contribution in [0.1, 0.15) is 52.0 Å². The molecule has 1 unspecified atom stereocenters. The monoisotopic (exact) mass is 288 g/mol. The van der Waals surface area contributed by atoms with Gasteiger partial charge < -0.3 is 10.2 Å². The third-order valence-electron chi connectivity index (χ3n) is 4.64. The Morgan fingerprint density at radius 1 is 1.05 bits per heavy atom. The fraction of sp³-hybridized carbons (Fsp3) is 0.684. The summed E-state index contributed by atoms with van der Waals surface area (Å²) in [7, 11) is 0. The van der Waals surface area contributed by atoms with Crippen LogP contribution in [0.25, 0.3) is 0 Å². The van der Waals surface area contributed by atoms with Crippen LogP contribution in [0.3, 0.4) is 0 Å². The highest BCUT2D eigenvalue weighted by Gasteiger charge is 2.29. The van der Waals surface area contributed by atoms with Gasteiger partial charge in [0.25, 0.3) is 0 Å². The normalized spacial score (nSPS) is 20.2. The molecule has 1 fully saturated rings. The Bertz CT molecular complexity index is 393. The minimum atomic E-state index is 0.190. The molecule has 0 saturated carbocycles. The molecule has 1 aromatic rings. The summed E-state index contributed by atoms with van der Waals surface area (Å²) in [6.07, 6.45) is 5.54. The van der Waals surface area contributed by atoms with Crippen LogP contribution < -0.4 is 5.32 Å². The van der Waals surface area contributed by atoms with Crippen molar-refractivity contribution < 1.29 is 0 Å². The van der Waals surface area contributed by atoms with E-state index in [2.05, 4.69) is 61.3 Å². The summed E-state index contributed by atoms with van der Waals surface area (Å²) in [6.45, 7) is 11.6. The van der Waals surface area contributed by atoms with Crippen LogP contribution >= 0.6 is 0 Å². The molecular weight excluding hydrogens is 256 g/mol. The summed E-state index contributed by atoms with van der Waals surface area (Å²) in [4.78, 5) is 2.68. The number of rotatable bonds is 6. The molecule has 21 heavy (non-hydrogen) atoms. The number of nitrogens with zero attached hydrogens (tertiary/aromatic N) is 1. The van der Waals surface area contributed by atoms with Gasteiger partial charge in [-0.05, 0) is 31.5 Å². The van der Waals surface area contributed by atoms with Crippen LogP contribution in [0, 0.1) is 0 Å². The Morgan fingerprint density at radius 3 is 2.24 bits per heavy atom. The third kappa shape index (κ3) is 5.12. The highest BCUT2D eigenvalue weighted by molar-refractivity contribution is 5.25. The average molecular weight is 288 g/mol. The molecule has 0 aromatic heterocycles. The van der Waals surface area contributed by atoms with Gasteiger partial charge in [-0.15, -0.1) is 0 Å². The second-order valence-electron chi connectivity index (χ2n) is 7.15. The van der Waals surface area contributed by atoms with Crippen molar-refractivity contribution in [3.05, 3.63) is 35.9 Å². The molecule has 1 saturated heterocycles. The number of likely N-dealkylation sites (tertiary alicyclic amines) is 1. The Balaban J connectivity index is 2.10. The van der Waals surface area contributed by atoms with E-state index in [1.54, 1.807) is 0 Å². The molecule has 118 valence electrons. The van der Waals surface area contributed by atoms with Crippen molar-refractivity contribution in [2.24, 2.45) is 0 Å². The first-order valence-corrected chi connectivity index (χ1v) is 8.61. The minimum Gasteiger partial charge on any atom is -0.314 e. The summed E-state index contributed by atoms with van der Waals surface area (Å²) in [5.74, 6) is 0. The van der Waals surface area contributed by atoms with Crippen molar-refractivity contribution in [1.82, 2.24) is 10.2 Å². The molecule has 2 nitrogen and oxygen atoms in total. The van der Waals surface area contributed by atoms with E-state index >= 15 is 0 Å². The maximum absolute atomic E-state index is 3.66. The van der Waals surface area contributed by atoms with Crippen LogP contribution in [0.5, 0.6) is 0 Å². The first kappa shape index (κ1) is 16.5. The summed E-state index contributed by atoms with van der Waals surface area (Å²) in [6, 6.07) is 11.6. The quantitative estimate of drug-likeness (QED) is 0.856. The fourth-order valence-electron chi connectivity index (χ4n) is 3.31. The molecule has 1 atom stereocenters. The molecule has 1 aromatic carbocycles. The number of benzene rings is 1. The van der Waals surface area contributed by atoms with Gasteiger partial charge >= 0.3 is 0 Å². The Morgan fingerprint density at radius 2 is 1.67 bits per heavy atom. The Hall–Kier alpha value is -0.860. The molecule has 1 aliphatic rings. The van der Waals surface area contributed by atoms with E-state index in [9.17, 15) is 0 Å². The lowest BCUT2D eigenvalue weighted by atomic mass is 9.81. The van der Waals surface area contributed by atoms with Crippen LogP contribution in [0.4, 0.5) is 0 Å². The zero-order valence-electron chi connectivity index (χ0n) is 14.1. The van der Waals surface area contributed by atoms with Crippen molar-refractivity contribution in [2.75, 3.05) is 26.2 Å². The molecule has 1 aliphatic heterocycles. The molecule has 0 spiro atoms. The second-order valence-corrected chi connectivity index (χ2v) is 7.15. The zero-order valence-corrected chi connectivity index (χ0v) is 14.1. The molecule has 1 N–H and O–H groups in total. The van der Waals surface area contributed by atoms with Gasteiger partial charge in [-0.1, -0.05) is 63.9 Å². The SMILES string of the molecule is CC(C)NCC(C)(CN1CCCCCC1)c1ccccc1. The van der Waals surface area contributed by atoms with Gasteiger partial charge in [-0.2, -0.15) is 0 Å². The number of hydrogen-bond acceptors (Lipinski definition) is 2. The smallest absolute Gasteiger partial charge is 0.0177 e. The van der Waals surface area contributed by atoms with E-state index in [-0.39, 0.29) is 5.41 Å². The van der Waals surface area contributed by atoms with Gasteiger partial charge in [0.2, 0.25) is 0 Å². The molecule has 0 bridgehead atoms. The third-order valence-corrected chi connectivity index (χ3v) is 4.64. The average Bonchev–Trinajstić information content (AvgIpc) is 2.75. The zero-order chi connectivity index (χ0) is 15.1. The maximum Gasteiger partial charge on any atom is 0.0177 e. The van der Waals surface area contributed by atoms with Crippen molar-refractivity contribution in [3.8, 4) is 0 Å². The number of hydrogen-bond donors (Lipinski definition) is 1. The molecule has 2 heteroatoms. The van der Waals surface area contributed by atoms with Crippen molar-refractivity contribution >= 4 is 0 Å². The standard InChI is InChI=1S/C19H32N2/c1-17(2)20-15-19(3,18-11-7-6-8-12-18)16-21-13-9-4-5-10-14-21/h6-8,11-12,17,20H,4-5,9-10,13-16H2,1-3H3. The molecule has 0 radical (unpaired) electrons. The van der Waals surface area contributed by atoms with Crippen LogP contribution in [0.15, 0.2) is 30.3 Å². The van der Waals surface area contributed by atoms with Crippen molar-refractivity contribution in [2.45, 2.75) is 57.9 Å². The second kappa shape index (κ2) is 7.95. The summed E-state index contributed by atoms with van der Waals surface area (Å²) in [5.41, 5.74) is 1.65. The van der Waals surface area contributed by atoms with Crippen molar-refractivity contribution in [1.29, 1.82) is 0 Å². The lowest BCUT2D eigenvalue weighted by Crippen LogP contribution is -2.47. The van der Waals surface area contributed by atoms with Gasteiger partial charge in [0.1, 0.15) is 0 Å². The first-order valence-electron chi connectivity index (χ1n) is 8.61. The molecule has 0 amide bonds. The van der Waals surface area contributed by atoms with E-state index in [1.165, 1.54) is 44.3 Å². The van der Waals surface area contributed by atoms with Gasteiger partial charge in [0.15, 0.2) is 0 Å². The van der Waals surface area contributed by atoms with Crippen LogP contribution in [0.2, 0.25) is 0 Å². The van der Waals surface area contributed by atoms with E-state index < -0.39 is 0 Å². The van der Waals surface area contributed by atoms with Gasteiger partial charge in [0, 0.05) is 24.5 Å². The van der Waals surface area contributed by atoms with E-state index in [4.69, 9.17) is 0 Å². The Kier molecular flexibility index (Phi) is 6.25. The summed E-state index contributed by atoms with van der Waals surface area (Å²) < 4.78 is 0. The molecule has 2 rings (SSSR count). The summed E-state index contributed by atoms with van der Waals surface area (Å²) >= 11 is 0. The maximum atomic E-state index is 3.66. The van der Waals surface area contributed by atoms with Crippen LogP contribution in [-0.2, 0) is 5.41 Å². The number of nitrogens with one attached hydrogen (secondary N) is 1. The molecule has 1 heterocycles. The summed E-state index contributed by atoms with van der Waals surface area (Å²) in [5, 5.41) is 3.66. The van der Waals surface area contributed by atoms with Crippen LogP contribution in [-0.4, -0.2) is 37.1 Å². The highest BCUT2D eigenvalue weighted by Crippen LogP contribution is 2.26. The predicted molar refractivity (Wildman–Crippen MR) is 91.8 cm³/mol. The topological polar surface area (TPSA) is 15.3 Å². The Labute approximate surface area is 130 Å². The highest BCUT2D eigenvalue weighted by atomic mass is 15.1. The first-order chi connectivity index (χ1) is 10.1. The lowest BCUT2D eigenvalue weighted by Gasteiger charge is -2.36. The molecule has 0 aliphatic carbocycles. The minimum absolute atomic E-state index is 0.190. The van der Waals surface area contributed by atoms with Gasteiger partial charge in [-0.25, -0.2) is 0 Å². The van der Waals surface area contributed by atoms with E-state index in [0.717, 1.165) is 13.1 Å².